The lowest BCUT2D eigenvalue weighted by molar-refractivity contribution is -0.280. The minimum absolute atomic E-state index is 0.136. The van der Waals surface area contributed by atoms with Crippen molar-refractivity contribution in [3.63, 3.8) is 0 Å². The number of amides is 1. The molecule has 19 heavy (non-hydrogen) atoms. The molecule has 1 rings (SSSR count). The van der Waals surface area contributed by atoms with E-state index in [9.17, 15) is 15.0 Å². The Labute approximate surface area is 112 Å². The summed E-state index contributed by atoms with van der Waals surface area (Å²) in [5.41, 5.74) is 0. The lowest BCUT2D eigenvalue weighted by Gasteiger charge is -2.42. The molecule has 7 heteroatoms. The van der Waals surface area contributed by atoms with Crippen molar-refractivity contribution in [2.24, 2.45) is 0 Å². The highest BCUT2D eigenvalue weighted by molar-refractivity contribution is 5.73. The number of rotatable bonds is 5. The highest BCUT2D eigenvalue weighted by atomic mass is 16.7. The van der Waals surface area contributed by atoms with Gasteiger partial charge in [0.1, 0.15) is 24.4 Å². The summed E-state index contributed by atoms with van der Waals surface area (Å²) in [5, 5.41) is 31.4. The number of aliphatic hydroxyl groups excluding tert-OH is 3. The van der Waals surface area contributed by atoms with E-state index in [0.717, 1.165) is 6.42 Å². The average Bonchev–Trinajstić information content (AvgIpc) is 2.37. The Morgan fingerprint density at radius 1 is 1.42 bits per heavy atom. The second kappa shape index (κ2) is 7.16. The SMILES string of the molecule is CC[C@@H](C)OC1OC(CO)C(O)C(O)C1NC(C)=O. The van der Waals surface area contributed by atoms with E-state index in [1.165, 1.54) is 6.92 Å². The van der Waals surface area contributed by atoms with Gasteiger partial charge >= 0.3 is 0 Å². The topological polar surface area (TPSA) is 108 Å². The van der Waals surface area contributed by atoms with Gasteiger partial charge in [-0.1, -0.05) is 6.92 Å². The molecule has 0 spiro atoms. The van der Waals surface area contributed by atoms with Crippen LogP contribution in [-0.4, -0.2) is 64.6 Å². The molecular formula is C12H23NO6. The second-order valence-electron chi connectivity index (χ2n) is 4.79. The molecule has 0 saturated carbocycles. The summed E-state index contributed by atoms with van der Waals surface area (Å²) < 4.78 is 11.0. The van der Waals surface area contributed by atoms with Gasteiger partial charge in [-0.25, -0.2) is 0 Å². The first kappa shape index (κ1) is 16.3. The van der Waals surface area contributed by atoms with Crippen LogP contribution >= 0.6 is 0 Å². The lowest BCUT2D eigenvalue weighted by atomic mass is 9.97. The average molecular weight is 277 g/mol. The molecule has 0 radical (unpaired) electrons. The molecule has 1 heterocycles. The van der Waals surface area contributed by atoms with Crippen molar-refractivity contribution >= 4 is 5.91 Å². The minimum atomic E-state index is -1.28. The zero-order valence-electron chi connectivity index (χ0n) is 11.4. The van der Waals surface area contributed by atoms with Crippen molar-refractivity contribution in [2.75, 3.05) is 6.61 Å². The van der Waals surface area contributed by atoms with Gasteiger partial charge in [0.15, 0.2) is 6.29 Å². The van der Waals surface area contributed by atoms with Crippen molar-refractivity contribution in [3.05, 3.63) is 0 Å². The number of nitrogens with one attached hydrogen (secondary N) is 1. The third-order valence-electron chi connectivity index (χ3n) is 3.19. The van der Waals surface area contributed by atoms with Gasteiger partial charge in [-0.15, -0.1) is 0 Å². The quantitative estimate of drug-likeness (QED) is 0.500. The molecule has 0 aliphatic carbocycles. The van der Waals surface area contributed by atoms with E-state index in [1.807, 2.05) is 13.8 Å². The number of aliphatic hydroxyl groups is 3. The van der Waals surface area contributed by atoms with E-state index in [-0.39, 0.29) is 12.0 Å². The van der Waals surface area contributed by atoms with E-state index >= 15 is 0 Å². The monoisotopic (exact) mass is 277 g/mol. The summed E-state index contributed by atoms with van der Waals surface area (Å²) in [6, 6.07) is -0.871. The highest BCUT2D eigenvalue weighted by Gasteiger charge is 2.45. The van der Waals surface area contributed by atoms with Gasteiger partial charge < -0.3 is 30.1 Å². The smallest absolute Gasteiger partial charge is 0.217 e. The van der Waals surface area contributed by atoms with Crippen LogP contribution in [0.3, 0.4) is 0 Å². The summed E-state index contributed by atoms with van der Waals surface area (Å²) >= 11 is 0. The van der Waals surface area contributed by atoms with Crippen LogP contribution in [0.2, 0.25) is 0 Å². The van der Waals surface area contributed by atoms with E-state index in [4.69, 9.17) is 14.6 Å². The summed E-state index contributed by atoms with van der Waals surface area (Å²) in [6.45, 7) is 4.62. The third kappa shape index (κ3) is 4.12. The molecule has 0 aromatic carbocycles. The number of carbonyl (C=O) groups excluding carboxylic acids is 1. The Morgan fingerprint density at radius 2 is 2.05 bits per heavy atom. The molecule has 112 valence electrons. The Hall–Kier alpha value is -0.730. The van der Waals surface area contributed by atoms with Crippen LogP contribution in [-0.2, 0) is 14.3 Å². The first-order chi connectivity index (χ1) is 8.90. The van der Waals surface area contributed by atoms with Crippen LogP contribution in [0.5, 0.6) is 0 Å². The maximum absolute atomic E-state index is 11.2. The van der Waals surface area contributed by atoms with Crippen LogP contribution in [0.15, 0.2) is 0 Å². The van der Waals surface area contributed by atoms with Gasteiger partial charge in [-0.05, 0) is 13.3 Å². The summed E-state index contributed by atoms with van der Waals surface area (Å²) in [4.78, 5) is 11.2. The summed E-state index contributed by atoms with van der Waals surface area (Å²) in [7, 11) is 0. The predicted molar refractivity (Wildman–Crippen MR) is 66.2 cm³/mol. The molecule has 0 aromatic rings. The molecule has 0 aromatic heterocycles. The van der Waals surface area contributed by atoms with Crippen LogP contribution in [0.25, 0.3) is 0 Å². The molecule has 1 amide bonds. The van der Waals surface area contributed by atoms with Crippen LogP contribution in [0, 0.1) is 0 Å². The zero-order valence-corrected chi connectivity index (χ0v) is 11.4. The number of hydrogen-bond acceptors (Lipinski definition) is 6. The minimum Gasteiger partial charge on any atom is -0.394 e. The molecule has 1 aliphatic rings. The van der Waals surface area contributed by atoms with Crippen molar-refractivity contribution in [2.45, 2.75) is 63.9 Å². The Kier molecular flexibility index (Phi) is 6.15. The predicted octanol–water partition coefficient (Wildman–Crippen LogP) is -1.25. The maximum Gasteiger partial charge on any atom is 0.217 e. The second-order valence-corrected chi connectivity index (χ2v) is 4.79. The third-order valence-corrected chi connectivity index (χ3v) is 3.19. The van der Waals surface area contributed by atoms with Gasteiger partial charge in [-0.2, -0.15) is 0 Å². The fourth-order valence-corrected chi connectivity index (χ4v) is 1.91. The normalized spacial score (nSPS) is 36.8. The van der Waals surface area contributed by atoms with E-state index < -0.39 is 37.3 Å². The van der Waals surface area contributed by atoms with Crippen molar-refractivity contribution in [1.29, 1.82) is 0 Å². The lowest BCUT2D eigenvalue weighted by Crippen LogP contribution is -2.64. The largest absolute Gasteiger partial charge is 0.394 e. The summed E-state index contributed by atoms with van der Waals surface area (Å²) in [5.74, 6) is -0.361. The van der Waals surface area contributed by atoms with Crippen molar-refractivity contribution < 1.29 is 29.6 Å². The number of hydrogen-bond donors (Lipinski definition) is 4. The number of carbonyl (C=O) groups is 1. The molecule has 4 N–H and O–H groups in total. The first-order valence-electron chi connectivity index (χ1n) is 6.45. The van der Waals surface area contributed by atoms with E-state index in [1.54, 1.807) is 0 Å². The fourth-order valence-electron chi connectivity index (χ4n) is 1.91. The standard InChI is InChI=1S/C12H23NO6/c1-4-6(2)18-12-9(13-7(3)15)11(17)10(16)8(5-14)19-12/h6,8-12,14,16-17H,4-5H2,1-3H3,(H,13,15)/t6-,8?,9?,10?,11?,12?/m1/s1. The molecule has 5 unspecified atom stereocenters. The maximum atomic E-state index is 11.2. The summed E-state index contributed by atoms with van der Waals surface area (Å²) in [6.07, 6.45) is -3.79. The van der Waals surface area contributed by atoms with Gasteiger partial charge in [0.2, 0.25) is 5.91 Å². The zero-order chi connectivity index (χ0) is 14.6. The molecule has 0 bridgehead atoms. The van der Waals surface area contributed by atoms with Crippen LogP contribution in [0.1, 0.15) is 27.2 Å². The molecular weight excluding hydrogens is 254 g/mol. The van der Waals surface area contributed by atoms with E-state index in [0.29, 0.717) is 0 Å². The molecule has 6 atom stereocenters. The number of ether oxygens (including phenoxy) is 2. The van der Waals surface area contributed by atoms with E-state index in [2.05, 4.69) is 5.32 Å². The molecule has 1 aliphatic heterocycles. The fraction of sp³-hybridized carbons (Fsp3) is 0.917. The van der Waals surface area contributed by atoms with Gasteiger partial charge in [0.25, 0.3) is 0 Å². The Bertz CT molecular complexity index is 300. The van der Waals surface area contributed by atoms with Crippen molar-refractivity contribution in [1.82, 2.24) is 5.32 Å². The van der Waals surface area contributed by atoms with Gasteiger partial charge in [0, 0.05) is 6.92 Å². The van der Waals surface area contributed by atoms with Gasteiger partial charge in [0.05, 0.1) is 12.7 Å². The van der Waals surface area contributed by atoms with Gasteiger partial charge in [-0.3, -0.25) is 4.79 Å². The highest BCUT2D eigenvalue weighted by Crippen LogP contribution is 2.23. The molecule has 7 nitrogen and oxygen atoms in total. The van der Waals surface area contributed by atoms with Crippen LogP contribution in [0.4, 0.5) is 0 Å². The molecule has 1 saturated heterocycles. The Balaban J connectivity index is 2.83. The molecule has 1 fully saturated rings. The first-order valence-corrected chi connectivity index (χ1v) is 6.45. The Morgan fingerprint density at radius 3 is 2.53 bits per heavy atom. The van der Waals surface area contributed by atoms with Crippen LogP contribution < -0.4 is 5.32 Å². The van der Waals surface area contributed by atoms with Crippen molar-refractivity contribution in [3.8, 4) is 0 Å².